The number of hydrogen-bond acceptors (Lipinski definition) is 3. The minimum absolute atomic E-state index is 0. The first-order valence-electron chi connectivity index (χ1n) is 1.23. The van der Waals surface area contributed by atoms with Crippen LogP contribution in [0, 0.1) is 0 Å². The minimum atomic E-state index is -2.23. The fraction of sp³-hybridized carbons (Fsp3) is 0.500. The third-order valence-corrected chi connectivity index (χ3v) is 0.221. The fourth-order valence-corrected chi connectivity index (χ4v) is 0. The summed E-state index contributed by atoms with van der Waals surface area (Å²) in [6.45, 7) is 0. The molecule has 7 heavy (non-hydrogen) atoms. The number of aliphatic hydroxyl groups excluding tert-OH is 1. The third kappa shape index (κ3) is 6.10. The van der Waals surface area contributed by atoms with Gasteiger partial charge in [-0.05, 0) is 0 Å². The van der Waals surface area contributed by atoms with E-state index < -0.39 is 12.3 Å². The Kier molecular flexibility index (Phi) is 6.20. The summed E-state index contributed by atoms with van der Waals surface area (Å²) < 4.78 is 0. The van der Waals surface area contributed by atoms with Gasteiger partial charge in [-0.1, -0.05) is 0 Å². The molecular formula is C2H4O4Ti. The van der Waals surface area contributed by atoms with Gasteiger partial charge in [0.05, 0.1) is 0 Å². The number of hydrogen-bond donors (Lipinski definition) is 3. The van der Waals surface area contributed by atoms with Crippen LogP contribution in [0.3, 0.4) is 0 Å². The fourth-order valence-electron chi connectivity index (χ4n) is 0. The van der Waals surface area contributed by atoms with Gasteiger partial charge >= 0.3 is 5.97 Å². The van der Waals surface area contributed by atoms with Gasteiger partial charge in [-0.25, -0.2) is 4.79 Å². The average molecular weight is 140 g/mol. The molecule has 0 atom stereocenters. The van der Waals surface area contributed by atoms with Crippen molar-refractivity contribution in [3.8, 4) is 0 Å². The second-order valence-electron chi connectivity index (χ2n) is 0.712. The van der Waals surface area contributed by atoms with Crippen LogP contribution in [0.2, 0.25) is 0 Å². The van der Waals surface area contributed by atoms with Crippen molar-refractivity contribution in [1.82, 2.24) is 0 Å². The third-order valence-electron chi connectivity index (χ3n) is 0.221. The van der Waals surface area contributed by atoms with Crippen molar-refractivity contribution in [2.24, 2.45) is 0 Å². The van der Waals surface area contributed by atoms with Crippen molar-refractivity contribution in [3.05, 3.63) is 0 Å². The van der Waals surface area contributed by atoms with Crippen molar-refractivity contribution in [2.75, 3.05) is 0 Å². The molecule has 0 radical (unpaired) electrons. The van der Waals surface area contributed by atoms with E-state index >= 15 is 0 Å². The summed E-state index contributed by atoms with van der Waals surface area (Å²) >= 11 is 0. The molecule has 4 nitrogen and oxygen atoms in total. The number of carboxylic acids is 1. The molecule has 0 aromatic rings. The van der Waals surface area contributed by atoms with Gasteiger partial charge in [0.15, 0.2) is 0 Å². The Bertz CT molecular complexity index is 60.7. The van der Waals surface area contributed by atoms with Crippen LogP contribution in [-0.4, -0.2) is 27.6 Å². The first-order valence-corrected chi connectivity index (χ1v) is 1.23. The van der Waals surface area contributed by atoms with Crippen molar-refractivity contribution in [3.63, 3.8) is 0 Å². The van der Waals surface area contributed by atoms with Crippen LogP contribution in [-0.2, 0) is 26.5 Å². The largest absolute Gasteiger partial charge is 0.477 e. The van der Waals surface area contributed by atoms with E-state index in [9.17, 15) is 4.79 Å². The molecule has 0 aliphatic rings. The van der Waals surface area contributed by atoms with Crippen molar-refractivity contribution in [1.29, 1.82) is 0 Å². The van der Waals surface area contributed by atoms with Gasteiger partial charge in [-0.2, -0.15) is 0 Å². The Morgan fingerprint density at radius 1 is 1.43 bits per heavy atom. The van der Waals surface area contributed by atoms with Gasteiger partial charge < -0.3 is 15.3 Å². The van der Waals surface area contributed by atoms with Crippen LogP contribution in [0.1, 0.15) is 0 Å². The standard InChI is InChI=1S/C2H4O4.Ti/c3-1(4)2(5)6;/h1,3-4H,(H,5,6);. The molecule has 0 saturated heterocycles. The molecule has 5 heteroatoms. The van der Waals surface area contributed by atoms with E-state index in [1.54, 1.807) is 0 Å². The summed E-state index contributed by atoms with van der Waals surface area (Å²) in [6.07, 6.45) is -2.23. The molecule has 0 amide bonds. The predicted molar refractivity (Wildman–Crippen MR) is 15.9 cm³/mol. The Hall–Kier alpha value is 0.104. The molecule has 0 heterocycles. The molecule has 0 spiro atoms. The van der Waals surface area contributed by atoms with Crippen LogP contribution in [0.5, 0.6) is 0 Å². The second-order valence-corrected chi connectivity index (χ2v) is 0.712. The normalized spacial score (nSPS) is 7.86. The average Bonchev–Trinajstić information content (AvgIpc) is 1.36. The number of carbonyl (C=O) groups is 1. The summed E-state index contributed by atoms with van der Waals surface area (Å²) in [5.41, 5.74) is 0. The van der Waals surface area contributed by atoms with Crippen LogP contribution in [0.4, 0.5) is 0 Å². The van der Waals surface area contributed by atoms with E-state index in [-0.39, 0.29) is 21.7 Å². The molecule has 0 rings (SSSR count). The SMILES string of the molecule is O=C(O)C(O)O.[Ti]. The molecule has 0 fully saturated rings. The number of rotatable bonds is 1. The number of aliphatic hydroxyl groups is 2. The Morgan fingerprint density at radius 3 is 1.57 bits per heavy atom. The maximum atomic E-state index is 9.20. The molecule has 0 aromatic heterocycles. The monoisotopic (exact) mass is 140 g/mol. The molecular weight excluding hydrogens is 136 g/mol. The Labute approximate surface area is 54.7 Å². The quantitative estimate of drug-likeness (QED) is 0.302. The summed E-state index contributed by atoms with van der Waals surface area (Å²) in [5, 5.41) is 22.7. The smallest absolute Gasteiger partial charge is 0.360 e. The van der Waals surface area contributed by atoms with E-state index in [1.165, 1.54) is 0 Å². The van der Waals surface area contributed by atoms with Gasteiger partial charge in [0, 0.05) is 21.7 Å². The first-order chi connectivity index (χ1) is 2.64. The summed E-state index contributed by atoms with van der Waals surface area (Å²) in [4.78, 5) is 9.20. The Morgan fingerprint density at radius 2 is 1.57 bits per heavy atom. The van der Waals surface area contributed by atoms with Crippen LogP contribution in [0.15, 0.2) is 0 Å². The topological polar surface area (TPSA) is 77.8 Å². The Balaban J connectivity index is 0. The van der Waals surface area contributed by atoms with Crippen molar-refractivity contribution >= 4 is 5.97 Å². The summed E-state index contributed by atoms with van der Waals surface area (Å²) in [5.74, 6) is -1.63. The second kappa shape index (κ2) is 4.27. The molecule has 40 valence electrons. The van der Waals surface area contributed by atoms with Crippen LogP contribution in [0.25, 0.3) is 0 Å². The summed E-state index contributed by atoms with van der Waals surface area (Å²) in [6, 6.07) is 0. The zero-order chi connectivity index (χ0) is 5.15. The van der Waals surface area contributed by atoms with E-state index in [0.29, 0.717) is 0 Å². The minimum Gasteiger partial charge on any atom is -0.477 e. The molecule has 0 aliphatic heterocycles. The van der Waals surface area contributed by atoms with Crippen LogP contribution < -0.4 is 0 Å². The zero-order valence-electron chi connectivity index (χ0n) is 3.33. The van der Waals surface area contributed by atoms with Gasteiger partial charge in [0.25, 0.3) is 6.29 Å². The first kappa shape index (κ1) is 10.2. The molecule has 0 aliphatic carbocycles. The van der Waals surface area contributed by atoms with Gasteiger partial charge in [0.2, 0.25) is 0 Å². The maximum Gasteiger partial charge on any atom is 0.360 e. The van der Waals surface area contributed by atoms with Gasteiger partial charge in [-0.3, -0.25) is 0 Å². The molecule has 0 bridgehead atoms. The van der Waals surface area contributed by atoms with Crippen molar-refractivity contribution in [2.45, 2.75) is 6.29 Å². The molecule has 0 saturated carbocycles. The predicted octanol–water partition coefficient (Wildman–Crippen LogP) is -1.62. The van der Waals surface area contributed by atoms with Crippen molar-refractivity contribution < 1.29 is 41.8 Å². The number of aliphatic carboxylic acids is 1. The van der Waals surface area contributed by atoms with E-state index in [4.69, 9.17) is 15.3 Å². The zero-order valence-corrected chi connectivity index (χ0v) is 4.89. The molecule has 0 aromatic carbocycles. The molecule has 3 N–H and O–H groups in total. The molecule has 0 unspecified atom stereocenters. The summed E-state index contributed by atoms with van der Waals surface area (Å²) in [7, 11) is 0. The maximum absolute atomic E-state index is 9.20. The van der Waals surface area contributed by atoms with Gasteiger partial charge in [-0.15, -0.1) is 0 Å². The van der Waals surface area contributed by atoms with Crippen LogP contribution >= 0.6 is 0 Å². The van der Waals surface area contributed by atoms with Gasteiger partial charge in [0.1, 0.15) is 0 Å². The number of carboxylic acid groups (broad SMARTS) is 1. The van der Waals surface area contributed by atoms with E-state index in [0.717, 1.165) is 0 Å². The van der Waals surface area contributed by atoms with E-state index in [1.807, 2.05) is 0 Å². The van der Waals surface area contributed by atoms with E-state index in [2.05, 4.69) is 0 Å².